The number of nitrogens with one attached hydrogen (secondary N) is 1. The van der Waals surface area contributed by atoms with E-state index >= 15 is 0 Å². The van der Waals surface area contributed by atoms with Gasteiger partial charge in [-0.2, -0.15) is 0 Å². The molecule has 3 rings (SSSR count). The van der Waals surface area contributed by atoms with Gasteiger partial charge < -0.3 is 10.1 Å². The van der Waals surface area contributed by atoms with Crippen molar-refractivity contribution in [3.05, 3.63) is 77.3 Å². The van der Waals surface area contributed by atoms with Crippen LogP contribution in [0.2, 0.25) is 5.02 Å². The number of anilines is 1. The average Bonchev–Trinajstić information content (AvgIpc) is 2.78. The van der Waals surface area contributed by atoms with Crippen molar-refractivity contribution < 1.29 is 31.1 Å². The second-order valence-electron chi connectivity index (χ2n) is 7.42. The van der Waals surface area contributed by atoms with E-state index < -0.39 is 33.8 Å². The lowest BCUT2D eigenvalue weighted by atomic mass is 10.00. The van der Waals surface area contributed by atoms with Gasteiger partial charge in [0.2, 0.25) is 5.91 Å². The molecule has 0 saturated carbocycles. The molecule has 0 spiro atoms. The summed E-state index contributed by atoms with van der Waals surface area (Å²) in [6.07, 6.45) is -4.95. The fourth-order valence-electron chi connectivity index (χ4n) is 3.24. The molecule has 34 heavy (non-hydrogen) atoms. The Labute approximate surface area is 200 Å². The van der Waals surface area contributed by atoms with Crippen LogP contribution in [0.5, 0.6) is 5.75 Å². The molecule has 0 saturated heterocycles. The first-order chi connectivity index (χ1) is 15.9. The fourth-order valence-corrected chi connectivity index (χ4v) is 4.37. The summed E-state index contributed by atoms with van der Waals surface area (Å²) in [6, 6.07) is 16.2. The molecule has 1 atom stereocenters. The Hall–Kier alpha value is -3.04. The van der Waals surface area contributed by atoms with Crippen LogP contribution in [0.1, 0.15) is 25.3 Å². The van der Waals surface area contributed by atoms with Gasteiger partial charge in [0.05, 0.1) is 16.6 Å². The largest absolute Gasteiger partial charge is 0.573 e. The van der Waals surface area contributed by atoms with Crippen LogP contribution in [-0.2, 0) is 14.6 Å². The van der Waals surface area contributed by atoms with E-state index in [0.717, 1.165) is 6.07 Å². The molecular weight excluding hydrogens is 491 g/mol. The minimum absolute atomic E-state index is 0.0467. The van der Waals surface area contributed by atoms with Crippen LogP contribution in [0.4, 0.5) is 18.9 Å². The third kappa shape index (κ3) is 6.09. The normalized spacial score (nSPS) is 12.8. The van der Waals surface area contributed by atoms with Crippen molar-refractivity contribution in [2.24, 2.45) is 0 Å². The number of hydrogen-bond acceptors (Lipinski definition) is 4. The number of benzene rings is 3. The maximum absolute atomic E-state index is 13.0. The summed E-state index contributed by atoms with van der Waals surface area (Å²) in [5.74, 6) is -1.75. The van der Waals surface area contributed by atoms with Gasteiger partial charge in [0, 0.05) is 27.9 Å². The molecule has 0 radical (unpaired) electrons. The minimum Gasteiger partial charge on any atom is -0.405 e. The third-order valence-corrected chi connectivity index (χ3v) is 7.23. The second kappa shape index (κ2) is 10.1. The van der Waals surface area contributed by atoms with Crippen molar-refractivity contribution in [3.8, 4) is 16.9 Å². The van der Waals surface area contributed by atoms with E-state index in [4.69, 9.17) is 11.6 Å². The van der Waals surface area contributed by atoms with Crippen LogP contribution in [0.3, 0.4) is 0 Å². The predicted molar refractivity (Wildman–Crippen MR) is 125 cm³/mol. The number of ether oxygens (including phenoxy) is 1. The summed E-state index contributed by atoms with van der Waals surface area (Å²) in [6.45, 7) is 3.14. The first kappa shape index (κ1) is 25.6. The van der Waals surface area contributed by atoms with Gasteiger partial charge in [-0.15, -0.1) is 13.2 Å². The molecule has 0 aliphatic carbocycles. The number of hydrogen-bond donors (Lipinski definition) is 1. The van der Waals surface area contributed by atoms with Crippen LogP contribution >= 0.6 is 11.6 Å². The van der Waals surface area contributed by atoms with E-state index in [0.29, 0.717) is 11.1 Å². The lowest BCUT2D eigenvalue weighted by Gasteiger charge is -2.17. The summed E-state index contributed by atoms with van der Waals surface area (Å²) < 4.78 is 67.2. The average molecular weight is 512 g/mol. The number of carbonyl (C=O) groups excluding carboxylic acids is 1. The summed E-state index contributed by atoms with van der Waals surface area (Å²) in [5.41, 5.74) is 1.10. The van der Waals surface area contributed by atoms with Gasteiger partial charge in [-0.25, -0.2) is 8.42 Å². The SMILES string of the molecule is CCS(=O)(=O)c1ccc(C(C)C(=O)Nc2ccc(-c3ccccc3Cl)c(OC(F)(F)F)c2)cc1. The van der Waals surface area contributed by atoms with Crippen LogP contribution in [0, 0.1) is 0 Å². The van der Waals surface area contributed by atoms with Crippen molar-refractivity contribution in [1.29, 1.82) is 0 Å². The number of alkyl halides is 3. The molecule has 180 valence electrons. The molecule has 0 aliphatic rings. The number of carbonyl (C=O) groups is 1. The zero-order valence-corrected chi connectivity index (χ0v) is 19.8. The number of halogens is 4. The van der Waals surface area contributed by atoms with Gasteiger partial charge in [-0.05, 0) is 42.8 Å². The van der Waals surface area contributed by atoms with Crippen molar-refractivity contribution in [2.45, 2.75) is 31.0 Å². The molecule has 0 aliphatic heterocycles. The molecule has 10 heteroatoms. The van der Waals surface area contributed by atoms with Crippen molar-refractivity contribution in [2.75, 3.05) is 11.1 Å². The Morgan fingerprint density at radius 2 is 1.68 bits per heavy atom. The van der Waals surface area contributed by atoms with Gasteiger partial charge in [-0.3, -0.25) is 4.79 Å². The second-order valence-corrected chi connectivity index (χ2v) is 10.1. The molecule has 1 N–H and O–H groups in total. The number of sulfone groups is 1. The Morgan fingerprint density at radius 3 is 2.26 bits per heavy atom. The quantitative estimate of drug-likeness (QED) is 0.396. The van der Waals surface area contributed by atoms with E-state index in [9.17, 15) is 26.4 Å². The molecule has 5 nitrogen and oxygen atoms in total. The third-order valence-electron chi connectivity index (χ3n) is 5.15. The Morgan fingerprint density at radius 1 is 1.03 bits per heavy atom. The van der Waals surface area contributed by atoms with E-state index in [2.05, 4.69) is 10.1 Å². The van der Waals surface area contributed by atoms with Crippen LogP contribution in [0.15, 0.2) is 71.6 Å². The first-order valence-electron chi connectivity index (χ1n) is 10.2. The molecule has 1 amide bonds. The zero-order valence-electron chi connectivity index (χ0n) is 18.2. The summed E-state index contributed by atoms with van der Waals surface area (Å²) in [5, 5.41) is 2.82. The summed E-state index contributed by atoms with van der Waals surface area (Å²) >= 11 is 6.14. The molecule has 3 aromatic rings. The van der Waals surface area contributed by atoms with Crippen molar-refractivity contribution >= 4 is 33.0 Å². The highest BCUT2D eigenvalue weighted by Crippen LogP contribution is 2.39. The van der Waals surface area contributed by atoms with Gasteiger partial charge in [0.15, 0.2) is 9.84 Å². The van der Waals surface area contributed by atoms with E-state index in [-0.39, 0.29) is 26.9 Å². The molecule has 1 unspecified atom stereocenters. The molecule has 0 bridgehead atoms. The Kier molecular flexibility index (Phi) is 7.57. The maximum Gasteiger partial charge on any atom is 0.573 e. The topological polar surface area (TPSA) is 72.5 Å². The molecule has 0 heterocycles. The number of amides is 1. The van der Waals surface area contributed by atoms with Gasteiger partial charge in [0.1, 0.15) is 5.75 Å². The highest BCUT2D eigenvalue weighted by Gasteiger charge is 2.32. The molecule has 3 aromatic carbocycles. The molecule has 0 aromatic heterocycles. The van der Waals surface area contributed by atoms with E-state index in [1.54, 1.807) is 31.2 Å². The number of rotatable bonds is 7. The molecular formula is C24H21ClF3NO4S. The maximum atomic E-state index is 13.0. The first-order valence-corrected chi connectivity index (χ1v) is 12.2. The van der Waals surface area contributed by atoms with Crippen LogP contribution in [0.25, 0.3) is 11.1 Å². The smallest absolute Gasteiger partial charge is 0.405 e. The Balaban J connectivity index is 1.86. The summed E-state index contributed by atoms with van der Waals surface area (Å²) in [4.78, 5) is 12.9. The Bertz CT molecular complexity index is 1290. The fraction of sp³-hybridized carbons (Fsp3) is 0.208. The highest BCUT2D eigenvalue weighted by atomic mass is 35.5. The van der Waals surface area contributed by atoms with Gasteiger partial charge >= 0.3 is 6.36 Å². The standard InChI is InChI=1S/C24H21ClF3NO4S/c1-3-34(31,32)18-11-8-16(9-12-18)15(2)23(30)29-17-10-13-20(19-6-4-5-7-21(19)25)22(14-17)33-24(26,27)28/h4-15H,3H2,1-2H3,(H,29,30). The lowest BCUT2D eigenvalue weighted by Crippen LogP contribution is -2.20. The van der Waals surface area contributed by atoms with E-state index in [1.165, 1.54) is 43.3 Å². The van der Waals surface area contributed by atoms with E-state index in [1.807, 2.05) is 0 Å². The summed E-state index contributed by atoms with van der Waals surface area (Å²) in [7, 11) is -3.38. The predicted octanol–water partition coefficient (Wildman–Crippen LogP) is 6.44. The van der Waals surface area contributed by atoms with Crippen LogP contribution < -0.4 is 10.1 Å². The highest BCUT2D eigenvalue weighted by molar-refractivity contribution is 7.91. The lowest BCUT2D eigenvalue weighted by molar-refractivity contribution is -0.274. The van der Waals surface area contributed by atoms with Gasteiger partial charge in [0.25, 0.3) is 0 Å². The monoisotopic (exact) mass is 511 g/mol. The minimum atomic E-state index is -4.95. The van der Waals surface area contributed by atoms with Crippen molar-refractivity contribution in [1.82, 2.24) is 0 Å². The zero-order chi connectivity index (χ0) is 25.1. The molecule has 0 fully saturated rings. The van der Waals surface area contributed by atoms with Gasteiger partial charge in [-0.1, -0.05) is 48.9 Å². The van der Waals surface area contributed by atoms with Crippen molar-refractivity contribution in [3.63, 3.8) is 0 Å². The van der Waals surface area contributed by atoms with Crippen LogP contribution in [-0.4, -0.2) is 26.4 Å².